The molecule has 24 heavy (non-hydrogen) atoms. The molecule has 1 amide bonds. The Morgan fingerprint density at radius 2 is 2.25 bits per heavy atom. The largest absolute Gasteiger partial charge is 0.394 e. The second kappa shape index (κ2) is 5.78. The number of aryl methyl sites for hydroxylation is 3. The van der Waals surface area contributed by atoms with Gasteiger partial charge in [-0.05, 0) is 38.2 Å². The zero-order chi connectivity index (χ0) is 16.8. The third-order valence-corrected chi connectivity index (χ3v) is 5.74. The van der Waals surface area contributed by atoms with E-state index in [0.29, 0.717) is 12.1 Å². The molecule has 1 aliphatic carbocycles. The molecule has 0 saturated heterocycles. The Morgan fingerprint density at radius 1 is 1.42 bits per heavy atom. The highest BCUT2D eigenvalue weighted by atomic mass is 32.1. The lowest BCUT2D eigenvalue weighted by atomic mass is 10.2. The topological polar surface area (TPSA) is 92.4 Å². The van der Waals surface area contributed by atoms with E-state index >= 15 is 0 Å². The summed E-state index contributed by atoms with van der Waals surface area (Å²) in [5.74, 6) is 0.481. The van der Waals surface area contributed by atoms with Gasteiger partial charge in [-0.3, -0.25) is 4.79 Å². The summed E-state index contributed by atoms with van der Waals surface area (Å²) in [7, 11) is 0. The van der Waals surface area contributed by atoms with Crippen LogP contribution >= 0.6 is 11.3 Å². The van der Waals surface area contributed by atoms with Crippen molar-refractivity contribution in [3.8, 4) is 0 Å². The highest BCUT2D eigenvalue weighted by Gasteiger charge is 2.24. The molecular weight excluding hydrogens is 326 g/mol. The minimum absolute atomic E-state index is 0.0987. The Balaban J connectivity index is 1.84. The summed E-state index contributed by atoms with van der Waals surface area (Å²) in [5, 5.41) is 17.4. The summed E-state index contributed by atoms with van der Waals surface area (Å²) in [6.07, 6.45) is 3.94. The Labute approximate surface area is 142 Å². The van der Waals surface area contributed by atoms with Crippen molar-refractivity contribution < 1.29 is 9.90 Å². The average Bonchev–Trinajstić information content (AvgIpc) is 3.25. The van der Waals surface area contributed by atoms with Crippen LogP contribution in [-0.2, 0) is 12.8 Å². The number of hydrogen-bond donors (Lipinski definition) is 2. The zero-order valence-electron chi connectivity index (χ0n) is 13.7. The molecule has 0 fully saturated rings. The molecule has 0 aliphatic heterocycles. The molecular formula is C16H19N5O2S. The SMILES string of the molecule is CC[C@H](CO)NC(=O)c1nc2c3c4c(sc3nc(C)n2n1)CCC4. The van der Waals surface area contributed by atoms with Crippen LogP contribution in [0.5, 0.6) is 0 Å². The maximum Gasteiger partial charge on any atom is 0.291 e. The fraction of sp³-hybridized carbons (Fsp3) is 0.500. The van der Waals surface area contributed by atoms with E-state index in [2.05, 4.69) is 20.4 Å². The fourth-order valence-corrected chi connectivity index (χ4v) is 4.52. The Kier molecular flexibility index (Phi) is 3.73. The number of hydrogen-bond acceptors (Lipinski definition) is 6. The second-order valence-electron chi connectivity index (χ2n) is 6.13. The third-order valence-electron chi connectivity index (χ3n) is 4.55. The molecule has 0 aromatic carbocycles. The van der Waals surface area contributed by atoms with Crippen LogP contribution in [0.15, 0.2) is 0 Å². The van der Waals surface area contributed by atoms with E-state index in [4.69, 9.17) is 0 Å². The average molecular weight is 345 g/mol. The number of aliphatic hydroxyl groups excluding tert-OH is 1. The highest BCUT2D eigenvalue weighted by molar-refractivity contribution is 7.19. The highest BCUT2D eigenvalue weighted by Crippen LogP contribution is 2.38. The molecule has 0 radical (unpaired) electrons. The molecule has 3 heterocycles. The fourth-order valence-electron chi connectivity index (χ4n) is 3.22. The van der Waals surface area contributed by atoms with E-state index in [1.165, 1.54) is 10.4 Å². The first-order valence-electron chi connectivity index (χ1n) is 8.21. The molecule has 8 heteroatoms. The van der Waals surface area contributed by atoms with Crippen molar-refractivity contribution in [1.29, 1.82) is 0 Å². The van der Waals surface area contributed by atoms with Gasteiger partial charge >= 0.3 is 0 Å². The van der Waals surface area contributed by atoms with Crippen molar-refractivity contribution in [2.45, 2.75) is 45.6 Å². The lowest BCUT2D eigenvalue weighted by Gasteiger charge is -2.11. The molecule has 4 rings (SSSR count). The Hall–Kier alpha value is -2.06. The van der Waals surface area contributed by atoms with E-state index in [1.807, 2.05) is 13.8 Å². The summed E-state index contributed by atoms with van der Waals surface area (Å²) in [6, 6.07) is -0.284. The molecule has 0 unspecified atom stereocenters. The van der Waals surface area contributed by atoms with Gasteiger partial charge < -0.3 is 10.4 Å². The first kappa shape index (κ1) is 15.5. The zero-order valence-corrected chi connectivity index (χ0v) is 14.5. The van der Waals surface area contributed by atoms with Gasteiger partial charge in [0.15, 0.2) is 5.65 Å². The van der Waals surface area contributed by atoms with E-state index < -0.39 is 0 Å². The Morgan fingerprint density at radius 3 is 3.00 bits per heavy atom. The number of carbonyl (C=O) groups excluding carboxylic acids is 1. The second-order valence-corrected chi connectivity index (χ2v) is 7.21. The van der Waals surface area contributed by atoms with Crippen LogP contribution in [-0.4, -0.2) is 43.2 Å². The lowest BCUT2D eigenvalue weighted by molar-refractivity contribution is 0.0904. The van der Waals surface area contributed by atoms with Crippen molar-refractivity contribution >= 4 is 33.1 Å². The smallest absolute Gasteiger partial charge is 0.291 e. The number of amides is 1. The van der Waals surface area contributed by atoms with E-state index in [-0.39, 0.29) is 24.4 Å². The molecule has 0 saturated carbocycles. The summed E-state index contributed by atoms with van der Waals surface area (Å²) in [6.45, 7) is 3.68. The van der Waals surface area contributed by atoms with Crippen LogP contribution < -0.4 is 5.32 Å². The predicted octanol–water partition coefficient (Wildman–Crippen LogP) is 1.64. The van der Waals surface area contributed by atoms with Crippen LogP contribution in [0.4, 0.5) is 0 Å². The van der Waals surface area contributed by atoms with Gasteiger partial charge in [-0.25, -0.2) is 9.97 Å². The van der Waals surface area contributed by atoms with Crippen LogP contribution in [0.2, 0.25) is 0 Å². The molecule has 0 spiro atoms. The van der Waals surface area contributed by atoms with E-state index in [0.717, 1.165) is 35.3 Å². The van der Waals surface area contributed by atoms with Gasteiger partial charge in [0.1, 0.15) is 10.7 Å². The van der Waals surface area contributed by atoms with Gasteiger partial charge in [0, 0.05) is 4.88 Å². The van der Waals surface area contributed by atoms with Crippen LogP contribution in [0.1, 0.15) is 46.6 Å². The predicted molar refractivity (Wildman–Crippen MR) is 91.6 cm³/mol. The summed E-state index contributed by atoms with van der Waals surface area (Å²) in [4.78, 5) is 23.9. The summed E-state index contributed by atoms with van der Waals surface area (Å²) in [5.41, 5.74) is 2.02. The maximum absolute atomic E-state index is 12.4. The minimum atomic E-state index is -0.362. The van der Waals surface area contributed by atoms with Crippen molar-refractivity contribution in [3.05, 3.63) is 22.1 Å². The number of aromatic nitrogens is 4. The molecule has 1 atom stereocenters. The molecule has 126 valence electrons. The minimum Gasteiger partial charge on any atom is -0.394 e. The van der Waals surface area contributed by atoms with Crippen molar-refractivity contribution in [2.75, 3.05) is 6.61 Å². The van der Waals surface area contributed by atoms with Gasteiger partial charge in [0.05, 0.1) is 18.0 Å². The summed E-state index contributed by atoms with van der Waals surface area (Å²) >= 11 is 1.73. The van der Waals surface area contributed by atoms with E-state index in [1.54, 1.807) is 15.9 Å². The lowest BCUT2D eigenvalue weighted by Crippen LogP contribution is -2.37. The first-order valence-corrected chi connectivity index (χ1v) is 9.03. The maximum atomic E-state index is 12.4. The van der Waals surface area contributed by atoms with Crippen molar-refractivity contribution in [3.63, 3.8) is 0 Å². The molecule has 1 aliphatic rings. The number of carbonyl (C=O) groups is 1. The van der Waals surface area contributed by atoms with Crippen LogP contribution in [0.3, 0.4) is 0 Å². The van der Waals surface area contributed by atoms with Crippen LogP contribution in [0, 0.1) is 6.92 Å². The first-order chi connectivity index (χ1) is 11.6. The Bertz CT molecular complexity index is 941. The number of thiophene rings is 1. The van der Waals surface area contributed by atoms with Crippen LogP contribution in [0.25, 0.3) is 15.9 Å². The number of fused-ring (bicyclic) bond motifs is 5. The van der Waals surface area contributed by atoms with Gasteiger partial charge in [0.2, 0.25) is 5.82 Å². The van der Waals surface area contributed by atoms with Gasteiger partial charge in [-0.15, -0.1) is 16.4 Å². The molecule has 2 N–H and O–H groups in total. The monoisotopic (exact) mass is 345 g/mol. The third kappa shape index (κ3) is 2.29. The number of nitrogens with zero attached hydrogens (tertiary/aromatic N) is 4. The molecule has 0 bridgehead atoms. The summed E-state index contributed by atoms with van der Waals surface area (Å²) < 4.78 is 1.66. The van der Waals surface area contributed by atoms with Crippen molar-refractivity contribution in [2.24, 2.45) is 0 Å². The molecule has 3 aromatic heterocycles. The normalized spacial score (nSPS) is 15.1. The standard InChI is InChI=1S/C16H19N5O2S/c1-3-9(7-22)18-15(23)13-19-14-12-10-5-4-6-11(10)24-16(12)17-8(2)21(14)20-13/h9,22H,3-7H2,1-2H3,(H,18,23)/t9-/m1/s1. The molecule has 3 aromatic rings. The number of nitrogens with one attached hydrogen (secondary N) is 1. The van der Waals surface area contributed by atoms with E-state index in [9.17, 15) is 9.90 Å². The number of aliphatic hydroxyl groups is 1. The van der Waals surface area contributed by atoms with Gasteiger partial charge in [-0.1, -0.05) is 6.92 Å². The number of rotatable bonds is 4. The van der Waals surface area contributed by atoms with Crippen molar-refractivity contribution in [1.82, 2.24) is 24.9 Å². The van der Waals surface area contributed by atoms with Gasteiger partial charge in [0.25, 0.3) is 5.91 Å². The quantitative estimate of drug-likeness (QED) is 0.750. The van der Waals surface area contributed by atoms with Gasteiger partial charge in [-0.2, -0.15) is 4.52 Å². The molecule has 7 nitrogen and oxygen atoms in total.